The molecule has 9 heteroatoms. The van der Waals surface area contributed by atoms with E-state index in [1.54, 1.807) is 17.0 Å². The Labute approximate surface area is 175 Å². The molecule has 1 amide bonds. The van der Waals surface area contributed by atoms with Gasteiger partial charge in [-0.25, -0.2) is 8.78 Å². The minimum absolute atomic E-state index is 0.0557. The van der Waals surface area contributed by atoms with Gasteiger partial charge in [0.25, 0.3) is 5.91 Å². The molecule has 0 spiro atoms. The van der Waals surface area contributed by atoms with Gasteiger partial charge in [-0.3, -0.25) is 4.79 Å². The maximum Gasteiger partial charge on any atom is 0.255 e. The summed E-state index contributed by atoms with van der Waals surface area (Å²) in [5.41, 5.74) is 0.562. The van der Waals surface area contributed by atoms with Crippen molar-refractivity contribution in [3.05, 3.63) is 69.5 Å². The topological polar surface area (TPSA) is 59.2 Å². The van der Waals surface area contributed by atoms with E-state index in [-0.39, 0.29) is 33.3 Å². The van der Waals surface area contributed by atoms with E-state index < -0.39 is 11.6 Å². The Morgan fingerprint density at radius 2 is 2.00 bits per heavy atom. The number of nitrogens with zero attached hydrogens (tertiary/aromatic N) is 3. The molecule has 5 nitrogen and oxygen atoms in total. The lowest BCUT2D eigenvalue weighted by molar-refractivity contribution is 0.0695. The highest BCUT2D eigenvalue weighted by atomic mass is 35.5. The molecule has 1 fully saturated rings. The van der Waals surface area contributed by atoms with Crippen LogP contribution < -0.4 is 0 Å². The SMILES string of the molecule is O=C(c1cc(F)c(Cl)cc1Cl)N1CCCC(c2nc(-c3cccc(F)c3)no2)C1. The first-order valence-corrected chi connectivity index (χ1v) is 9.71. The molecule has 0 N–H and O–H groups in total. The molecule has 0 aliphatic carbocycles. The van der Waals surface area contributed by atoms with Gasteiger partial charge in [-0.15, -0.1) is 0 Å². The molecule has 1 aliphatic rings. The summed E-state index contributed by atoms with van der Waals surface area (Å²) >= 11 is 11.8. The Balaban J connectivity index is 1.53. The number of carbonyl (C=O) groups is 1. The summed E-state index contributed by atoms with van der Waals surface area (Å²) in [6.07, 6.45) is 1.46. The third kappa shape index (κ3) is 4.11. The number of benzene rings is 2. The van der Waals surface area contributed by atoms with Gasteiger partial charge in [-0.1, -0.05) is 40.5 Å². The normalized spacial score (nSPS) is 16.8. The summed E-state index contributed by atoms with van der Waals surface area (Å²) in [6, 6.07) is 8.17. The van der Waals surface area contributed by atoms with Crippen molar-refractivity contribution < 1.29 is 18.1 Å². The fourth-order valence-corrected chi connectivity index (χ4v) is 3.83. The molecular formula is C20H15Cl2F2N3O2. The minimum atomic E-state index is -0.704. The molecule has 1 unspecified atom stereocenters. The molecule has 0 bridgehead atoms. The molecule has 1 aliphatic heterocycles. The molecule has 2 heterocycles. The number of amides is 1. The average Bonchev–Trinajstić information content (AvgIpc) is 3.21. The van der Waals surface area contributed by atoms with Gasteiger partial charge in [0.2, 0.25) is 11.7 Å². The van der Waals surface area contributed by atoms with Crippen LogP contribution in [0.4, 0.5) is 8.78 Å². The van der Waals surface area contributed by atoms with Crippen molar-refractivity contribution in [3.8, 4) is 11.4 Å². The van der Waals surface area contributed by atoms with Crippen molar-refractivity contribution in [2.75, 3.05) is 13.1 Å². The van der Waals surface area contributed by atoms with Crippen molar-refractivity contribution in [2.45, 2.75) is 18.8 Å². The lowest BCUT2D eigenvalue weighted by atomic mass is 9.97. The molecule has 1 aromatic heterocycles. The number of halogens is 4. The van der Waals surface area contributed by atoms with Crippen LogP contribution in [-0.4, -0.2) is 34.0 Å². The van der Waals surface area contributed by atoms with Crippen LogP contribution in [0.15, 0.2) is 40.9 Å². The van der Waals surface area contributed by atoms with Crippen LogP contribution in [0.5, 0.6) is 0 Å². The predicted octanol–water partition coefficient (Wildman–Crippen LogP) is 5.34. The zero-order valence-corrected chi connectivity index (χ0v) is 16.6. The second-order valence-electron chi connectivity index (χ2n) is 6.80. The number of rotatable bonds is 3. The summed E-state index contributed by atoms with van der Waals surface area (Å²) in [4.78, 5) is 18.8. The van der Waals surface area contributed by atoms with Gasteiger partial charge in [0.1, 0.15) is 11.6 Å². The van der Waals surface area contributed by atoms with E-state index in [9.17, 15) is 13.6 Å². The summed E-state index contributed by atoms with van der Waals surface area (Å²) in [5.74, 6) is -1.01. The van der Waals surface area contributed by atoms with Gasteiger partial charge in [0.05, 0.1) is 21.5 Å². The highest BCUT2D eigenvalue weighted by Crippen LogP contribution is 2.31. The molecule has 0 saturated carbocycles. The lowest BCUT2D eigenvalue weighted by Crippen LogP contribution is -2.39. The molecule has 1 atom stereocenters. The van der Waals surface area contributed by atoms with E-state index >= 15 is 0 Å². The average molecular weight is 438 g/mol. The van der Waals surface area contributed by atoms with Crippen LogP contribution in [0.2, 0.25) is 10.0 Å². The standard InChI is InChI=1S/C20H15Cl2F2N3O2/c21-15-9-16(22)17(24)8-14(15)20(28)27-6-2-4-12(10-27)19-25-18(26-29-19)11-3-1-5-13(23)7-11/h1,3,5,7-9,12H,2,4,6,10H2. The van der Waals surface area contributed by atoms with Crippen LogP contribution in [-0.2, 0) is 0 Å². The van der Waals surface area contributed by atoms with Crippen LogP contribution in [0.3, 0.4) is 0 Å². The second-order valence-corrected chi connectivity index (χ2v) is 7.62. The number of hydrogen-bond donors (Lipinski definition) is 0. The zero-order valence-electron chi connectivity index (χ0n) is 15.0. The van der Waals surface area contributed by atoms with Crippen molar-refractivity contribution in [1.29, 1.82) is 0 Å². The first-order chi connectivity index (χ1) is 13.9. The minimum Gasteiger partial charge on any atom is -0.339 e. The van der Waals surface area contributed by atoms with Gasteiger partial charge in [-0.05, 0) is 37.1 Å². The molecule has 1 saturated heterocycles. The molecule has 4 rings (SSSR count). The van der Waals surface area contributed by atoms with E-state index in [4.69, 9.17) is 27.7 Å². The van der Waals surface area contributed by atoms with Crippen molar-refractivity contribution in [3.63, 3.8) is 0 Å². The largest absolute Gasteiger partial charge is 0.339 e. The monoisotopic (exact) mass is 437 g/mol. The van der Waals surface area contributed by atoms with Crippen LogP contribution in [0.1, 0.15) is 35.0 Å². The molecule has 2 aromatic carbocycles. The van der Waals surface area contributed by atoms with E-state index in [1.165, 1.54) is 18.2 Å². The maximum absolute atomic E-state index is 13.8. The van der Waals surface area contributed by atoms with Gasteiger partial charge >= 0.3 is 0 Å². The predicted molar refractivity (Wildman–Crippen MR) is 104 cm³/mol. The van der Waals surface area contributed by atoms with Crippen LogP contribution in [0, 0.1) is 11.6 Å². The molecule has 150 valence electrons. The number of aromatic nitrogens is 2. The van der Waals surface area contributed by atoms with E-state index in [1.807, 2.05) is 0 Å². The summed E-state index contributed by atoms with van der Waals surface area (Å²) in [5, 5.41) is 3.88. The smallest absolute Gasteiger partial charge is 0.255 e. The Morgan fingerprint density at radius 1 is 1.17 bits per heavy atom. The fourth-order valence-electron chi connectivity index (χ4n) is 3.37. The van der Waals surface area contributed by atoms with Crippen molar-refractivity contribution >= 4 is 29.1 Å². The highest BCUT2D eigenvalue weighted by molar-refractivity contribution is 6.36. The summed E-state index contributed by atoms with van der Waals surface area (Å²) < 4.78 is 32.6. The number of carbonyl (C=O) groups excluding carboxylic acids is 1. The van der Waals surface area contributed by atoms with Gasteiger partial charge in [-0.2, -0.15) is 4.98 Å². The summed E-state index contributed by atoms with van der Waals surface area (Å²) in [7, 11) is 0. The van der Waals surface area contributed by atoms with Crippen molar-refractivity contribution in [1.82, 2.24) is 15.0 Å². The molecule has 29 heavy (non-hydrogen) atoms. The zero-order chi connectivity index (χ0) is 20.5. The van der Waals surface area contributed by atoms with Crippen molar-refractivity contribution in [2.24, 2.45) is 0 Å². The number of likely N-dealkylation sites (tertiary alicyclic amines) is 1. The van der Waals surface area contributed by atoms with E-state index in [0.29, 0.717) is 31.0 Å². The fraction of sp³-hybridized carbons (Fsp3) is 0.250. The van der Waals surface area contributed by atoms with E-state index in [2.05, 4.69) is 10.1 Å². The number of piperidine rings is 1. The van der Waals surface area contributed by atoms with E-state index in [0.717, 1.165) is 12.5 Å². The van der Waals surface area contributed by atoms with Gasteiger partial charge < -0.3 is 9.42 Å². The molecule has 3 aromatic rings. The third-order valence-corrected chi connectivity index (χ3v) is 5.43. The Kier molecular flexibility index (Phi) is 5.52. The quantitative estimate of drug-likeness (QED) is 0.518. The van der Waals surface area contributed by atoms with Crippen LogP contribution in [0.25, 0.3) is 11.4 Å². The first kappa shape index (κ1) is 19.8. The van der Waals surface area contributed by atoms with Gasteiger partial charge in [0, 0.05) is 18.7 Å². The second kappa shape index (κ2) is 8.08. The lowest BCUT2D eigenvalue weighted by Gasteiger charge is -2.31. The van der Waals surface area contributed by atoms with Gasteiger partial charge in [0.15, 0.2) is 0 Å². The number of hydrogen-bond acceptors (Lipinski definition) is 4. The molecular weight excluding hydrogens is 423 g/mol. The molecule has 0 radical (unpaired) electrons. The Hall–Kier alpha value is -2.51. The highest BCUT2D eigenvalue weighted by Gasteiger charge is 2.30. The maximum atomic E-state index is 13.8. The Bertz CT molecular complexity index is 1070. The first-order valence-electron chi connectivity index (χ1n) is 8.95. The van der Waals surface area contributed by atoms with Crippen LogP contribution >= 0.6 is 23.2 Å². The Morgan fingerprint density at radius 3 is 2.79 bits per heavy atom. The third-order valence-electron chi connectivity index (χ3n) is 4.82. The summed E-state index contributed by atoms with van der Waals surface area (Å²) in [6.45, 7) is 0.824.